The highest BCUT2D eigenvalue weighted by Crippen LogP contribution is 2.23. The monoisotopic (exact) mass is 170 g/mol. The van der Waals surface area contributed by atoms with Gasteiger partial charge in [0.05, 0.1) is 24.9 Å². The second-order valence-corrected chi connectivity index (χ2v) is 2.83. The van der Waals surface area contributed by atoms with Crippen LogP contribution in [0.15, 0.2) is 12.2 Å². The molecule has 1 aliphatic rings. The zero-order valence-electron chi connectivity index (χ0n) is 7.34. The molecule has 3 heteroatoms. The summed E-state index contributed by atoms with van der Waals surface area (Å²) in [5.41, 5.74) is 0.406. The molecule has 0 radical (unpaired) electrons. The molecule has 68 valence electrons. The average molecular weight is 170 g/mol. The van der Waals surface area contributed by atoms with Gasteiger partial charge < -0.3 is 9.47 Å². The van der Waals surface area contributed by atoms with Gasteiger partial charge >= 0.3 is 5.97 Å². The summed E-state index contributed by atoms with van der Waals surface area (Å²) in [5, 5.41) is 0. The van der Waals surface area contributed by atoms with E-state index in [2.05, 4.69) is 6.58 Å². The minimum atomic E-state index is -0.349. The number of ether oxygens (including phenoxy) is 2. The van der Waals surface area contributed by atoms with Gasteiger partial charge in [0.1, 0.15) is 0 Å². The first-order valence-electron chi connectivity index (χ1n) is 4.20. The topological polar surface area (TPSA) is 35.5 Å². The van der Waals surface area contributed by atoms with Crippen molar-refractivity contribution in [3.63, 3.8) is 0 Å². The highest BCUT2D eigenvalue weighted by molar-refractivity contribution is 5.87. The third kappa shape index (κ3) is 3.05. The van der Waals surface area contributed by atoms with Crippen LogP contribution in [-0.4, -0.2) is 25.3 Å². The van der Waals surface area contributed by atoms with Crippen molar-refractivity contribution in [3.8, 4) is 0 Å². The van der Waals surface area contributed by atoms with Crippen molar-refractivity contribution in [2.45, 2.75) is 25.9 Å². The Kier molecular flexibility index (Phi) is 3.29. The van der Waals surface area contributed by atoms with Gasteiger partial charge in [-0.25, -0.2) is 4.79 Å². The van der Waals surface area contributed by atoms with E-state index in [9.17, 15) is 4.79 Å². The molecule has 0 aliphatic heterocycles. The standard InChI is InChI=1S/C9H14O3/c1-3-11-9(10)7(2)6-12-8-4-5-8/h8H,2-6H2,1H3. The van der Waals surface area contributed by atoms with Gasteiger partial charge in [0.15, 0.2) is 0 Å². The van der Waals surface area contributed by atoms with E-state index >= 15 is 0 Å². The third-order valence-electron chi connectivity index (χ3n) is 1.58. The van der Waals surface area contributed by atoms with E-state index in [0.717, 1.165) is 12.8 Å². The molecule has 0 bridgehead atoms. The SMILES string of the molecule is C=C(COC1CC1)C(=O)OCC. The zero-order chi connectivity index (χ0) is 8.97. The Labute approximate surface area is 72.4 Å². The quantitative estimate of drug-likeness (QED) is 0.460. The lowest BCUT2D eigenvalue weighted by molar-refractivity contribution is -0.139. The normalized spacial score (nSPS) is 15.8. The number of carbonyl (C=O) groups excluding carboxylic acids is 1. The molecule has 1 saturated carbocycles. The van der Waals surface area contributed by atoms with Crippen LogP contribution in [-0.2, 0) is 14.3 Å². The minimum Gasteiger partial charge on any atom is -0.463 e. The maximum absolute atomic E-state index is 11.0. The van der Waals surface area contributed by atoms with Crippen LogP contribution in [0.4, 0.5) is 0 Å². The lowest BCUT2D eigenvalue weighted by atomic mass is 10.3. The highest BCUT2D eigenvalue weighted by atomic mass is 16.5. The molecule has 0 aromatic heterocycles. The van der Waals surface area contributed by atoms with Crippen molar-refractivity contribution in [3.05, 3.63) is 12.2 Å². The van der Waals surface area contributed by atoms with E-state index < -0.39 is 0 Å². The molecule has 1 fully saturated rings. The van der Waals surface area contributed by atoms with Crippen LogP contribution < -0.4 is 0 Å². The van der Waals surface area contributed by atoms with Crippen molar-refractivity contribution in [1.29, 1.82) is 0 Å². The largest absolute Gasteiger partial charge is 0.463 e. The van der Waals surface area contributed by atoms with Gasteiger partial charge in [-0.2, -0.15) is 0 Å². The Morgan fingerprint density at radius 1 is 1.58 bits per heavy atom. The van der Waals surface area contributed by atoms with E-state index in [-0.39, 0.29) is 5.97 Å². The number of esters is 1. The Balaban J connectivity index is 2.12. The van der Waals surface area contributed by atoms with Crippen molar-refractivity contribution in [2.75, 3.05) is 13.2 Å². The molecular formula is C9H14O3. The Morgan fingerprint density at radius 2 is 2.25 bits per heavy atom. The van der Waals surface area contributed by atoms with E-state index in [1.54, 1.807) is 6.92 Å². The number of rotatable bonds is 5. The van der Waals surface area contributed by atoms with Crippen molar-refractivity contribution >= 4 is 5.97 Å². The summed E-state index contributed by atoms with van der Waals surface area (Å²) in [6.07, 6.45) is 2.57. The molecule has 12 heavy (non-hydrogen) atoms. The molecule has 0 aromatic rings. The maximum atomic E-state index is 11.0. The third-order valence-corrected chi connectivity index (χ3v) is 1.58. The highest BCUT2D eigenvalue weighted by Gasteiger charge is 2.23. The van der Waals surface area contributed by atoms with E-state index in [0.29, 0.717) is 24.9 Å². The number of hydrogen-bond acceptors (Lipinski definition) is 3. The Hall–Kier alpha value is -0.830. The zero-order valence-corrected chi connectivity index (χ0v) is 7.34. The Bertz CT molecular complexity index is 182. The van der Waals surface area contributed by atoms with Gasteiger partial charge in [-0.15, -0.1) is 0 Å². The van der Waals surface area contributed by atoms with Crippen LogP contribution in [0.2, 0.25) is 0 Å². The van der Waals surface area contributed by atoms with Crippen molar-refractivity contribution in [2.24, 2.45) is 0 Å². The van der Waals surface area contributed by atoms with Gasteiger partial charge in [-0.1, -0.05) is 6.58 Å². The van der Waals surface area contributed by atoms with Crippen LogP contribution in [0.5, 0.6) is 0 Å². The lowest BCUT2D eigenvalue weighted by Crippen LogP contribution is -2.12. The molecule has 1 rings (SSSR count). The second kappa shape index (κ2) is 4.26. The second-order valence-electron chi connectivity index (χ2n) is 2.83. The fraction of sp³-hybridized carbons (Fsp3) is 0.667. The van der Waals surface area contributed by atoms with Gasteiger partial charge in [-0.05, 0) is 19.8 Å². The number of hydrogen-bond donors (Lipinski definition) is 0. The van der Waals surface area contributed by atoms with Crippen LogP contribution in [0.1, 0.15) is 19.8 Å². The molecule has 0 unspecified atom stereocenters. The summed E-state index contributed by atoms with van der Waals surface area (Å²) in [6, 6.07) is 0. The average Bonchev–Trinajstić information content (AvgIpc) is 2.83. The minimum absolute atomic E-state index is 0.309. The molecule has 0 spiro atoms. The molecule has 0 amide bonds. The summed E-state index contributed by atoms with van der Waals surface area (Å²) in [6.45, 7) is 6.04. The summed E-state index contributed by atoms with van der Waals surface area (Å²) >= 11 is 0. The maximum Gasteiger partial charge on any atom is 0.335 e. The first-order chi connectivity index (χ1) is 5.74. The molecule has 0 atom stereocenters. The summed E-state index contributed by atoms with van der Waals surface area (Å²) < 4.78 is 10.0. The fourth-order valence-electron chi connectivity index (χ4n) is 0.745. The van der Waals surface area contributed by atoms with Crippen LogP contribution in [0.25, 0.3) is 0 Å². The molecule has 1 aliphatic carbocycles. The predicted molar refractivity (Wildman–Crippen MR) is 44.7 cm³/mol. The van der Waals surface area contributed by atoms with Gasteiger partial charge in [0, 0.05) is 0 Å². The summed E-state index contributed by atoms with van der Waals surface area (Å²) in [7, 11) is 0. The van der Waals surface area contributed by atoms with E-state index in [1.165, 1.54) is 0 Å². The van der Waals surface area contributed by atoms with E-state index in [4.69, 9.17) is 9.47 Å². The van der Waals surface area contributed by atoms with E-state index in [1.807, 2.05) is 0 Å². The van der Waals surface area contributed by atoms with Crippen molar-refractivity contribution < 1.29 is 14.3 Å². The molecule has 0 aromatic carbocycles. The molecular weight excluding hydrogens is 156 g/mol. The van der Waals surface area contributed by atoms with Crippen LogP contribution in [0, 0.1) is 0 Å². The van der Waals surface area contributed by atoms with Crippen LogP contribution >= 0.6 is 0 Å². The molecule has 3 nitrogen and oxygen atoms in total. The van der Waals surface area contributed by atoms with Gasteiger partial charge in [-0.3, -0.25) is 0 Å². The molecule has 0 N–H and O–H groups in total. The smallest absolute Gasteiger partial charge is 0.335 e. The first-order valence-corrected chi connectivity index (χ1v) is 4.20. The summed E-state index contributed by atoms with van der Waals surface area (Å²) in [5.74, 6) is -0.349. The molecule has 0 saturated heterocycles. The van der Waals surface area contributed by atoms with Crippen LogP contribution in [0.3, 0.4) is 0 Å². The van der Waals surface area contributed by atoms with Gasteiger partial charge in [0.2, 0.25) is 0 Å². The fourth-order valence-corrected chi connectivity index (χ4v) is 0.745. The number of carbonyl (C=O) groups is 1. The van der Waals surface area contributed by atoms with Crippen molar-refractivity contribution in [1.82, 2.24) is 0 Å². The molecule has 0 heterocycles. The summed E-state index contributed by atoms with van der Waals surface area (Å²) in [4.78, 5) is 11.0. The van der Waals surface area contributed by atoms with Gasteiger partial charge in [0.25, 0.3) is 0 Å². The Morgan fingerprint density at radius 3 is 2.75 bits per heavy atom. The predicted octanol–water partition coefficient (Wildman–Crippen LogP) is 1.28. The lowest BCUT2D eigenvalue weighted by Gasteiger charge is -2.04. The first kappa shape index (κ1) is 9.26.